The zero-order valence-corrected chi connectivity index (χ0v) is 7.45. The van der Waals surface area contributed by atoms with Gasteiger partial charge in [-0.15, -0.1) is 13.2 Å². The molecule has 0 amide bonds. The first-order valence-electron chi connectivity index (χ1n) is 4.17. The molecule has 0 aliphatic heterocycles. The fraction of sp³-hybridized carbons (Fsp3) is 0.100. The Bertz CT molecular complexity index is 513. The van der Waals surface area contributed by atoms with Gasteiger partial charge in [-0.05, 0) is 12.1 Å². The first kappa shape index (κ1) is 9.76. The van der Waals surface area contributed by atoms with Crippen LogP contribution in [0, 0.1) is 0 Å². The molecule has 0 saturated carbocycles. The molecule has 0 spiro atoms. The van der Waals surface area contributed by atoms with Gasteiger partial charge in [0, 0.05) is 5.39 Å². The van der Waals surface area contributed by atoms with E-state index in [4.69, 9.17) is 0 Å². The third kappa shape index (κ3) is 1.49. The fourth-order valence-corrected chi connectivity index (χ4v) is 1.55. The molecule has 0 aliphatic carbocycles. The molecule has 0 unspecified atom stereocenters. The van der Waals surface area contributed by atoms with Gasteiger partial charge in [0.05, 0.1) is 11.2 Å². The molecule has 1 heterocycles. The molecule has 0 fully saturated rings. The zero-order chi connectivity index (χ0) is 11.1. The van der Waals surface area contributed by atoms with E-state index in [1.165, 1.54) is 24.3 Å². The minimum Gasteiger partial charge on any atom is -0.296 e. The Balaban J connectivity index is 2.84. The summed E-state index contributed by atoms with van der Waals surface area (Å²) in [5, 5.41) is 0.400. The first-order valence-corrected chi connectivity index (χ1v) is 4.17. The highest BCUT2D eigenvalue weighted by molar-refractivity contribution is 5.89. The lowest BCUT2D eigenvalue weighted by Crippen LogP contribution is -2.18. The van der Waals surface area contributed by atoms with Crippen molar-refractivity contribution in [3.05, 3.63) is 36.0 Å². The number of fused-ring (bicyclic) bond motifs is 1. The van der Waals surface area contributed by atoms with Crippen LogP contribution in [0.2, 0.25) is 0 Å². The van der Waals surface area contributed by atoms with Crippen LogP contribution in [0.1, 0.15) is 10.5 Å². The van der Waals surface area contributed by atoms with Gasteiger partial charge in [-0.25, -0.2) is 4.57 Å². The van der Waals surface area contributed by atoms with E-state index in [2.05, 4.69) is 0 Å². The van der Waals surface area contributed by atoms with Gasteiger partial charge in [-0.1, -0.05) is 18.2 Å². The molecule has 0 bridgehead atoms. The second-order valence-electron chi connectivity index (χ2n) is 3.05. The van der Waals surface area contributed by atoms with Gasteiger partial charge in [-0.2, -0.15) is 0 Å². The van der Waals surface area contributed by atoms with Crippen LogP contribution in [-0.4, -0.2) is 10.9 Å². The standard InChI is InChI=1S/C10H6F3NO/c11-10(12,13)14-8(6-15)5-7-3-1-2-4-9(7)14/h1-6H. The zero-order valence-electron chi connectivity index (χ0n) is 7.45. The second-order valence-corrected chi connectivity index (χ2v) is 3.05. The molecule has 0 radical (unpaired) electrons. The largest absolute Gasteiger partial charge is 0.489 e. The maximum absolute atomic E-state index is 12.6. The van der Waals surface area contributed by atoms with Crippen molar-refractivity contribution in [2.45, 2.75) is 6.30 Å². The average Bonchev–Trinajstić information content (AvgIpc) is 2.54. The molecule has 1 aromatic carbocycles. The van der Waals surface area contributed by atoms with E-state index < -0.39 is 6.30 Å². The van der Waals surface area contributed by atoms with E-state index in [1.807, 2.05) is 0 Å². The maximum Gasteiger partial charge on any atom is 0.489 e. The smallest absolute Gasteiger partial charge is 0.296 e. The number of halogens is 3. The summed E-state index contributed by atoms with van der Waals surface area (Å²) in [4.78, 5) is 10.5. The van der Waals surface area contributed by atoms with Crippen molar-refractivity contribution in [2.24, 2.45) is 0 Å². The van der Waals surface area contributed by atoms with Crippen molar-refractivity contribution in [1.82, 2.24) is 4.57 Å². The average molecular weight is 213 g/mol. The summed E-state index contributed by atoms with van der Waals surface area (Å²) >= 11 is 0. The Morgan fingerprint density at radius 2 is 1.87 bits per heavy atom. The predicted molar refractivity (Wildman–Crippen MR) is 48.6 cm³/mol. The molecule has 0 aliphatic rings. The van der Waals surface area contributed by atoms with Gasteiger partial charge in [0.1, 0.15) is 0 Å². The van der Waals surface area contributed by atoms with Crippen LogP contribution in [0.4, 0.5) is 13.2 Å². The van der Waals surface area contributed by atoms with Crippen LogP contribution in [0.15, 0.2) is 30.3 Å². The maximum atomic E-state index is 12.6. The molecular formula is C10H6F3NO. The minimum absolute atomic E-state index is 0.00731. The number of alkyl halides is 3. The number of aldehydes is 1. The Morgan fingerprint density at radius 1 is 1.20 bits per heavy atom. The van der Waals surface area contributed by atoms with Crippen molar-refractivity contribution < 1.29 is 18.0 Å². The SMILES string of the molecule is O=Cc1cc2ccccc2n1C(F)(F)F. The fourth-order valence-electron chi connectivity index (χ4n) is 1.55. The summed E-state index contributed by atoms with van der Waals surface area (Å²) in [6, 6.07) is 7.20. The summed E-state index contributed by atoms with van der Waals surface area (Å²) < 4.78 is 37.9. The lowest BCUT2D eigenvalue weighted by Gasteiger charge is -2.10. The number of benzene rings is 1. The Labute approximate surface area is 82.9 Å². The van der Waals surface area contributed by atoms with Crippen LogP contribution in [0.25, 0.3) is 10.9 Å². The first-order chi connectivity index (χ1) is 7.04. The van der Waals surface area contributed by atoms with Crippen molar-refractivity contribution in [1.29, 1.82) is 0 Å². The number of hydrogen-bond donors (Lipinski definition) is 0. The van der Waals surface area contributed by atoms with Gasteiger partial charge in [0.2, 0.25) is 0 Å². The Morgan fingerprint density at radius 3 is 2.47 bits per heavy atom. The highest BCUT2D eigenvalue weighted by Crippen LogP contribution is 2.30. The molecular weight excluding hydrogens is 207 g/mol. The van der Waals surface area contributed by atoms with Crippen molar-refractivity contribution >= 4 is 17.2 Å². The molecule has 5 heteroatoms. The van der Waals surface area contributed by atoms with Crippen molar-refractivity contribution in [3.8, 4) is 0 Å². The van der Waals surface area contributed by atoms with Crippen LogP contribution in [0.5, 0.6) is 0 Å². The number of nitrogens with zero attached hydrogens (tertiary/aromatic N) is 1. The number of rotatable bonds is 1. The Hall–Kier alpha value is -1.78. The molecule has 2 nitrogen and oxygen atoms in total. The highest BCUT2D eigenvalue weighted by Gasteiger charge is 2.34. The molecule has 2 aromatic rings. The second kappa shape index (κ2) is 3.12. The summed E-state index contributed by atoms with van der Waals surface area (Å²) in [5.41, 5.74) is -0.393. The van der Waals surface area contributed by atoms with E-state index in [1.54, 1.807) is 6.07 Å². The lowest BCUT2D eigenvalue weighted by atomic mass is 10.2. The minimum atomic E-state index is -4.57. The molecule has 2 rings (SSSR count). The van der Waals surface area contributed by atoms with E-state index in [-0.39, 0.29) is 22.1 Å². The molecule has 1 aromatic heterocycles. The number of carbonyl (C=O) groups excluding carboxylic acids is 1. The molecule has 15 heavy (non-hydrogen) atoms. The van der Waals surface area contributed by atoms with Crippen LogP contribution in [0.3, 0.4) is 0 Å². The number of hydrogen-bond acceptors (Lipinski definition) is 1. The third-order valence-corrected chi connectivity index (χ3v) is 2.11. The monoisotopic (exact) mass is 213 g/mol. The summed E-state index contributed by atoms with van der Waals surface area (Å²) in [7, 11) is 0. The summed E-state index contributed by atoms with van der Waals surface area (Å²) in [6.45, 7) is 0. The van der Waals surface area contributed by atoms with E-state index in [0.29, 0.717) is 5.39 Å². The molecule has 0 N–H and O–H groups in total. The third-order valence-electron chi connectivity index (χ3n) is 2.11. The predicted octanol–water partition coefficient (Wildman–Crippen LogP) is 2.93. The van der Waals surface area contributed by atoms with Gasteiger partial charge >= 0.3 is 6.30 Å². The van der Waals surface area contributed by atoms with E-state index in [9.17, 15) is 18.0 Å². The van der Waals surface area contributed by atoms with Crippen LogP contribution in [-0.2, 0) is 6.30 Å². The molecule has 0 atom stereocenters. The quantitative estimate of drug-likeness (QED) is 0.667. The highest BCUT2D eigenvalue weighted by atomic mass is 19.4. The van der Waals surface area contributed by atoms with Crippen LogP contribution < -0.4 is 0 Å². The summed E-state index contributed by atoms with van der Waals surface area (Å²) in [6.07, 6.45) is -4.37. The number of aromatic nitrogens is 1. The van der Waals surface area contributed by atoms with E-state index >= 15 is 0 Å². The van der Waals surface area contributed by atoms with E-state index in [0.717, 1.165) is 0 Å². The van der Waals surface area contributed by atoms with Crippen LogP contribution >= 0.6 is 0 Å². The van der Waals surface area contributed by atoms with Gasteiger partial charge < -0.3 is 0 Å². The van der Waals surface area contributed by atoms with Crippen molar-refractivity contribution in [2.75, 3.05) is 0 Å². The topological polar surface area (TPSA) is 22.0 Å². The van der Waals surface area contributed by atoms with Crippen molar-refractivity contribution in [3.63, 3.8) is 0 Å². The van der Waals surface area contributed by atoms with Gasteiger partial charge in [0.15, 0.2) is 6.29 Å². The Kier molecular flexibility index (Phi) is 2.03. The molecule has 0 saturated heterocycles. The van der Waals surface area contributed by atoms with Gasteiger partial charge in [-0.3, -0.25) is 4.79 Å². The van der Waals surface area contributed by atoms with Gasteiger partial charge in [0.25, 0.3) is 0 Å². The normalized spacial score (nSPS) is 11.9. The lowest BCUT2D eigenvalue weighted by molar-refractivity contribution is -0.201. The molecule has 78 valence electrons. The number of para-hydroxylation sites is 1. The summed E-state index contributed by atoms with van der Waals surface area (Å²) in [5.74, 6) is 0. The number of carbonyl (C=O) groups is 1.